The Morgan fingerprint density at radius 2 is 2.05 bits per heavy atom. The van der Waals surface area contributed by atoms with Crippen molar-refractivity contribution >= 4 is 11.3 Å². The fraction of sp³-hybridized carbons (Fsp3) is 0.438. The van der Waals surface area contributed by atoms with Crippen LogP contribution in [-0.2, 0) is 6.54 Å². The van der Waals surface area contributed by atoms with Crippen molar-refractivity contribution in [3.63, 3.8) is 0 Å². The molecule has 1 aromatic carbocycles. The maximum atomic E-state index is 5.62. The molecule has 2 aromatic rings. The van der Waals surface area contributed by atoms with Gasteiger partial charge in [0.05, 0.1) is 5.69 Å². The molecule has 0 bridgehead atoms. The van der Waals surface area contributed by atoms with Crippen molar-refractivity contribution in [1.82, 2.24) is 10.3 Å². The Morgan fingerprint density at radius 3 is 2.86 bits per heavy atom. The van der Waals surface area contributed by atoms with Crippen LogP contribution in [0.4, 0.5) is 0 Å². The molecule has 5 heteroatoms. The van der Waals surface area contributed by atoms with E-state index in [1.54, 1.807) is 11.3 Å². The molecule has 0 amide bonds. The quantitative estimate of drug-likeness (QED) is 0.920. The first-order valence-corrected chi connectivity index (χ1v) is 8.15. The van der Waals surface area contributed by atoms with E-state index in [9.17, 15) is 0 Å². The number of rotatable bonds is 5. The van der Waals surface area contributed by atoms with Crippen LogP contribution in [0.2, 0.25) is 0 Å². The lowest BCUT2D eigenvalue weighted by atomic mass is 10.1. The summed E-state index contributed by atoms with van der Waals surface area (Å²) in [5.41, 5.74) is 2.07. The topological polar surface area (TPSA) is 43.4 Å². The summed E-state index contributed by atoms with van der Waals surface area (Å²) in [6, 6.07) is 6.00. The lowest BCUT2D eigenvalue weighted by Crippen LogP contribution is -2.18. The van der Waals surface area contributed by atoms with Crippen molar-refractivity contribution in [1.29, 1.82) is 0 Å². The maximum absolute atomic E-state index is 5.62. The number of hydrogen-bond acceptors (Lipinski definition) is 5. The predicted molar refractivity (Wildman–Crippen MR) is 85.1 cm³/mol. The first kappa shape index (κ1) is 14.4. The highest BCUT2D eigenvalue weighted by Gasteiger charge is 2.13. The predicted octanol–water partition coefficient (Wildman–Crippen LogP) is 3.33. The minimum absolute atomic E-state index is 0.609. The molecule has 112 valence electrons. The van der Waals surface area contributed by atoms with Crippen LogP contribution in [0.25, 0.3) is 11.3 Å². The van der Waals surface area contributed by atoms with Gasteiger partial charge in [0.2, 0.25) is 0 Å². The summed E-state index contributed by atoms with van der Waals surface area (Å²) in [4.78, 5) is 4.69. The number of thiazole rings is 1. The van der Waals surface area contributed by atoms with Crippen molar-refractivity contribution in [2.75, 3.05) is 19.8 Å². The first-order chi connectivity index (χ1) is 10.2. The van der Waals surface area contributed by atoms with E-state index in [0.29, 0.717) is 19.1 Å². The minimum atomic E-state index is 0.609. The average Bonchev–Trinajstić information content (AvgIpc) is 2.95. The zero-order valence-corrected chi connectivity index (χ0v) is 13.2. The fourth-order valence-corrected chi connectivity index (χ4v) is 2.97. The third-order valence-electron chi connectivity index (χ3n) is 3.22. The molecule has 1 aliphatic rings. The summed E-state index contributed by atoms with van der Waals surface area (Å²) < 4.78 is 11.2. The van der Waals surface area contributed by atoms with Crippen molar-refractivity contribution in [2.45, 2.75) is 20.4 Å². The van der Waals surface area contributed by atoms with Crippen LogP contribution in [-0.4, -0.2) is 24.7 Å². The summed E-state index contributed by atoms with van der Waals surface area (Å²) in [5, 5.41) is 6.63. The van der Waals surface area contributed by atoms with Crippen molar-refractivity contribution in [3.05, 3.63) is 28.6 Å². The van der Waals surface area contributed by atoms with Gasteiger partial charge in [0.25, 0.3) is 0 Å². The Morgan fingerprint density at radius 1 is 1.24 bits per heavy atom. The largest absolute Gasteiger partial charge is 0.486 e. The number of nitrogens with zero attached hydrogens (tertiary/aromatic N) is 1. The van der Waals surface area contributed by atoms with E-state index in [0.717, 1.165) is 40.9 Å². The Labute approximate surface area is 129 Å². The monoisotopic (exact) mass is 304 g/mol. The maximum Gasteiger partial charge on any atom is 0.162 e. The highest BCUT2D eigenvalue weighted by atomic mass is 32.1. The average molecular weight is 304 g/mol. The van der Waals surface area contributed by atoms with E-state index in [1.165, 1.54) is 0 Å². The van der Waals surface area contributed by atoms with E-state index in [4.69, 9.17) is 9.47 Å². The third-order valence-corrected chi connectivity index (χ3v) is 4.07. The summed E-state index contributed by atoms with van der Waals surface area (Å²) in [6.45, 7) is 7.48. The van der Waals surface area contributed by atoms with Crippen LogP contribution >= 0.6 is 11.3 Å². The molecule has 0 unspecified atom stereocenters. The van der Waals surface area contributed by atoms with E-state index in [-0.39, 0.29) is 0 Å². The Hall–Kier alpha value is -1.59. The molecule has 0 saturated heterocycles. The summed E-state index contributed by atoms with van der Waals surface area (Å²) >= 11 is 1.69. The summed E-state index contributed by atoms with van der Waals surface area (Å²) in [7, 11) is 0. The molecule has 1 aromatic heterocycles. The molecule has 4 nitrogen and oxygen atoms in total. The zero-order chi connectivity index (χ0) is 14.7. The Kier molecular flexibility index (Phi) is 4.41. The van der Waals surface area contributed by atoms with Crippen LogP contribution in [0, 0.1) is 5.92 Å². The van der Waals surface area contributed by atoms with E-state index in [1.807, 2.05) is 18.2 Å². The lowest BCUT2D eigenvalue weighted by molar-refractivity contribution is 0.171. The molecule has 0 saturated carbocycles. The molecule has 0 aliphatic carbocycles. The van der Waals surface area contributed by atoms with Crippen LogP contribution < -0.4 is 14.8 Å². The molecule has 0 spiro atoms. The second-order valence-corrected chi connectivity index (χ2v) is 6.45. The van der Waals surface area contributed by atoms with Crippen LogP contribution in [0.5, 0.6) is 11.5 Å². The van der Waals surface area contributed by atoms with Gasteiger partial charge in [-0.15, -0.1) is 11.3 Å². The van der Waals surface area contributed by atoms with Crippen LogP contribution in [0.3, 0.4) is 0 Å². The van der Waals surface area contributed by atoms with Gasteiger partial charge in [0.1, 0.15) is 18.2 Å². The molecule has 1 N–H and O–H groups in total. The molecule has 3 rings (SSSR count). The van der Waals surface area contributed by atoms with Gasteiger partial charge in [-0.05, 0) is 30.7 Å². The Balaban J connectivity index is 1.71. The lowest BCUT2D eigenvalue weighted by Gasteiger charge is -2.18. The Bertz CT molecular complexity index is 610. The minimum Gasteiger partial charge on any atom is -0.486 e. The van der Waals surface area contributed by atoms with Crippen LogP contribution in [0.15, 0.2) is 23.6 Å². The zero-order valence-electron chi connectivity index (χ0n) is 12.4. The number of aromatic nitrogens is 1. The second-order valence-electron chi connectivity index (χ2n) is 5.51. The van der Waals surface area contributed by atoms with Crippen LogP contribution in [0.1, 0.15) is 18.9 Å². The summed E-state index contributed by atoms with van der Waals surface area (Å²) in [6.07, 6.45) is 0. The molecule has 21 heavy (non-hydrogen) atoms. The van der Waals surface area contributed by atoms with E-state index >= 15 is 0 Å². The molecule has 2 heterocycles. The number of nitrogens with one attached hydrogen (secondary N) is 1. The second kappa shape index (κ2) is 6.45. The van der Waals surface area contributed by atoms with Gasteiger partial charge in [-0.25, -0.2) is 4.98 Å². The van der Waals surface area contributed by atoms with Gasteiger partial charge in [-0.2, -0.15) is 0 Å². The van der Waals surface area contributed by atoms with E-state index < -0.39 is 0 Å². The highest BCUT2D eigenvalue weighted by Crippen LogP contribution is 2.34. The van der Waals surface area contributed by atoms with Gasteiger partial charge in [-0.3, -0.25) is 0 Å². The van der Waals surface area contributed by atoms with Gasteiger partial charge >= 0.3 is 0 Å². The summed E-state index contributed by atoms with van der Waals surface area (Å²) in [5.74, 6) is 2.28. The van der Waals surface area contributed by atoms with Gasteiger partial charge in [-0.1, -0.05) is 13.8 Å². The van der Waals surface area contributed by atoms with Crippen molar-refractivity contribution in [2.24, 2.45) is 5.92 Å². The highest BCUT2D eigenvalue weighted by molar-refractivity contribution is 7.09. The molecule has 0 fully saturated rings. The molecular weight excluding hydrogens is 284 g/mol. The van der Waals surface area contributed by atoms with Gasteiger partial charge in [0.15, 0.2) is 11.5 Å². The number of fused-ring (bicyclic) bond motifs is 1. The SMILES string of the molecule is CC(C)CNCc1nc(-c2ccc3c(c2)OCCO3)cs1. The molecular formula is C16H20N2O2S. The molecule has 0 atom stereocenters. The number of hydrogen-bond donors (Lipinski definition) is 1. The molecule has 1 aliphatic heterocycles. The standard InChI is InChI=1S/C16H20N2O2S/c1-11(2)8-17-9-16-18-13(10-21-16)12-3-4-14-15(7-12)20-6-5-19-14/h3-4,7,10-11,17H,5-6,8-9H2,1-2H3. The van der Waals surface area contributed by atoms with Gasteiger partial charge in [0, 0.05) is 17.5 Å². The smallest absolute Gasteiger partial charge is 0.162 e. The van der Waals surface area contributed by atoms with Crippen molar-refractivity contribution in [3.8, 4) is 22.8 Å². The molecule has 0 radical (unpaired) electrons. The number of ether oxygens (including phenoxy) is 2. The number of benzene rings is 1. The normalized spacial score (nSPS) is 13.7. The fourth-order valence-electron chi connectivity index (χ4n) is 2.20. The van der Waals surface area contributed by atoms with Gasteiger partial charge < -0.3 is 14.8 Å². The first-order valence-electron chi connectivity index (χ1n) is 7.27. The third kappa shape index (κ3) is 3.54. The van der Waals surface area contributed by atoms with Crippen molar-refractivity contribution < 1.29 is 9.47 Å². The van der Waals surface area contributed by atoms with E-state index in [2.05, 4.69) is 29.5 Å².